The first-order valence-electron chi connectivity index (χ1n) is 7.64. The van der Waals surface area contributed by atoms with Crippen molar-refractivity contribution in [2.75, 3.05) is 19.3 Å². The summed E-state index contributed by atoms with van der Waals surface area (Å²) in [5, 5.41) is 2.97. The molecule has 2 heterocycles. The topological polar surface area (TPSA) is 66.5 Å². The highest BCUT2D eigenvalue weighted by Crippen LogP contribution is 2.17. The predicted octanol–water partition coefficient (Wildman–Crippen LogP) is 1.92. The van der Waals surface area contributed by atoms with Gasteiger partial charge >= 0.3 is 0 Å². The number of hydrogen-bond acceptors (Lipinski definition) is 4. The Morgan fingerprint density at radius 3 is 2.86 bits per heavy atom. The van der Waals surface area contributed by atoms with Gasteiger partial charge in [0.05, 0.1) is 6.26 Å². The lowest BCUT2D eigenvalue weighted by Crippen LogP contribution is -2.49. The van der Waals surface area contributed by atoms with Crippen molar-refractivity contribution in [1.82, 2.24) is 9.62 Å². The molecule has 1 amide bonds. The van der Waals surface area contributed by atoms with Gasteiger partial charge in [-0.05, 0) is 44.7 Å². The van der Waals surface area contributed by atoms with Crippen LogP contribution in [0.1, 0.15) is 35.4 Å². The van der Waals surface area contributed by atoms with Crippen LogP contribution in [0.4, 0.5) is 0 Å². The van der Waals surface area contributed by atoms with Gasteiger partial charge in [0.1, 0.15) is 0 Å². The van der Waals surface area contributed by atoms with Crippen LogP contribution >= 0.6 is 11.3 Å². The zero-order valence-electron chi connectivity index (χ0n) is 13.2. The lowest BCUT2D eigenvalue weighted by Gasteiger charge is -2.31. The first kappa shape index (κ1) is 17.4. The summed E-state index contributed by atoms with van der Waals surface area (Å²) >= 11 is 1.77. The average molecular weight is 345 g/mol. The summed E-state index contributed by atoms with van der Waals surface area (Å²) in [7, 11) is -3.16. The van der Waals surface area contributed by atoms with Crippen molar-refractivity contribution in [2.24, 2.45) is 0 Å². The van der Waals surface area contributed by atoms with Crippen LogP contribution in [0.15, 0.2) is 12.1 Å². The number of thiophene rings is 1. The van der Waals surface area contributed by atoms with Gasteiger partial charge in [0.25, 0.3) is 0 Å². The van der Waals surface area contributed by atoms with Gasteiger partial charge in [-0.25, -0.2) is 12.7 Å². The summed E-state index contributed by atoms with van der Waals surface area (Å²) in [4.78, 5) is 14.6. The number of nitrogens with one attached hydrogen (secondary N) is 1. The lowest BCUT2D eigenvalue weighted by molar-refractivity contribution is -0.122. The van der Waals surface area contributed by atoms with Gasteiger partial charge in [0.15, 0.2) is 0 Å². The van der Waals surface area contributed by atoms with Crippen LogP contribution in [0.2, 0.25) is 0 Å². The fourth-order valence-electron chi connectivity index (χ4n) is 2.70. The van der Waals surface area contributed by atoms with Gasteiger partial charge in [-0.3, -0.25) is 4.79 Å². The van der Waals surface area contributed by atoms with Crippen molar-refractivity contribution in [3.05, 3.63) is 21.9 Å². The van der Waals surface area contributed by atoms with Crippen LogP contribution in [0.3, 0.4) is 0 Å². The predicted molar refractivity (Wildman–Crippen MR) is 89.6 cm³/mol. The normalized spacial score (nSPS) is 20.0. The number of sulfonamides is 1. The molecule has 0 radical (unpaired) electrons. The van der Waals surface area contributed by atoms with Crippen molar-refractivity contribution in [1.29, 1.82) is 0 Å². The summed E-state index contributed by atoms with van der Waals surface area (Å²) < 4.78 is 24.6. The van der Waals surface area contributed by atoms with E-state index >= 15 is 0 Å². The molecule has 1 fully saturated rings. The molecule has 5 nitrogen and oxygen atoms in total. The largest absolute Gasteiger partial charge is 0.352 e. The Morgan fingerprint density at radius 2 is 2.23 bits per heavy atom. The average Bonchev–Trinajstić information content (AvgIpc) is 2.84. The third-order valence-corrected chi connectivity index (χ3v) is 6.17. The van der Waals surface area contributed by atoms with E-state index < -0.39 is 10.0 Å². The Balaban J connectivity index is 1.72. The number of amides is 1. The van der Waals surface area contributed by atoms with E-state index in [1.54, 1.807) is 11.3 Å². The monoisotopic (exact) mass is 344 g/mol. The molecular formula is C15H24N2O3S2. The molecule has 22 heavy (non-hydrogen) atoms. The SMILES string of the molecule is Cc1ccc(CCCC(=O)NC2CCCN(S(C)(=O)=O)C2)s1. The molecule has 1 atom stereocenters. The minimum Gasteiger partial charge on any atom is -0.352 e. The molecule has 7 heteroatoms. The van der Waals surface area contributed by atoms with E-state index in [4.69, 9.17) is 0 Å². The number of piperidine rings is 1. The van der Waals surface area contributed by atoms with Crippen LogP contribution in [0.25, 0.3) is 0 Å². The van der Waals surface area contributed by atoms with Crippen LogP contribution in [-0.2, 0) is 21.2 Å². The van der Waals surface area contributed by atoms with E-state index in [0.29, 0.717) is 19.5 Å². The van der Waals surface area contributed by atoms with E-state index in [1.807, 2.05) is 0 Å². The van der Waals surface area contributed by atoms with Crippen molar-refractivity contribution in [3.63, 3.8) is 0 Å². The number of carbonyl (C=O) groups excluding carboxylic acids is 1. The number of carbonyl (C=O) groups is 1. The van der Waals surface area contributed by atoms with E-state index in [2.05, 4.69) is 24.4 Å². The highest BCUT2D eigenvalue weighted by molar-refractivity contribution is 7.88. The van der Waals surface area contributed by atoms with Crippen molar-refractivity contribution < 1.29 is 13.2 Å². The number of aryl methyl sites for hydroxylation is 2. The number of hydrogen-bond donors (Lipinski definition) is 1. The number of rotatable bonds is 6. The zero-order chi connectivity index (χ0) is 16.2. The van der Waals surface area contributed by atoms with Gasteiger partial charge in [0, 0.05) is 35.3 Å². The van der Waals surface area contributed by atoms with Gasteiger partial charge in [-0.2, -0.15) is 0 Å². The Morgan fingerprint density at radius 1 is 1.45 bits per heavy atom. The highest BCUT2D eigenvalue weighted by atomic mass is 32.2. The summed E-state index contributed by atoms with van der Waals surface area (Å²) in [5.41, 5.74) is 0. The van der Waals surface area contributed by atoms with Crippen LogP contribution < -0.4 is 5.32 Å². The van der Waals surface area contributed by atoms with E-state index in [1.165, 1.54) is 20.3 Å². The molecule has 0 aliphatic carbocycles. The molecule has 1 aromatic rings. The second-order valence-corrected chi connectivity index (χ2v) is 9.25. The first-order chi connectivity index (χ1) is 10.3. The smallest absolute Gasteiger partial charge is 0.220 e. The van der Waals surface area contributed by atoms with E-state index in [9.17, 15) is 13.2 Å². The maximum atomic E-state index is 12.0. The van der Waals surface area contributed by atoms with Gasteiger partial charge < -0.3 is 5.32 Å². The molecule has 124 valence electrons. The molecule has 0 aromatic carbocycles. The third kappa shape index (κ3) is 5.37. The van der Waals surface area contributed by atoms with Gasteiger partial charge in [0.2, 0.25) is 15.9 Å². The minimum absolute atomic E-state index is 0.0219. The van der Waals surface area contributed by atoms with Crippen molar-refractivity contribution >= 4 is 27.3 Å². The van der Waals surface area contributed by atoms with Crippen LogP contribution in [-0.4, -0.2) is 44.0 Å². The van der Waals surface area contributed by atoms with Gasteiger partial charge in [-0.15, -0.1) is 11.3 Å². The summed E-state index contributed by atoms with van der Waals surface area (Å²) in [6.07, 6.45) is 5.11. The molecule has 0 spiro atoms. The first-order valence-corrected chi connectivity index (χ1v) is 10.3. The minimum atomic E-state index is -3.16. The van der Waals surface area contributed by atoms with Gasteiger partial charge in [-0.1, -0.05) is 0 Å². The Hall–Kier alpha value is -0.920. The summed E-state index contributed by atoms with van der Waals surface area (Å²) in [6, 6.07) is 4.16. The Kier molecular flexibility index (Phi) is 6.00. The molecule has 1 aromatic heterocycles. The Bertz CT molecular complexity index is 610. The highest BCUT2D eigenvalue weighted by Gasteiger charge is 2.26. The quantitative estimate of drug-likeness (QED) is 0.857. The van der Waals surface area contributed by atoms with Crippen LogP contribution in [0.5, 0.6) is 0 Å². The third-order valence-electron chi connectivity index (χ3n) is 3.84. The number of nitrogens with zero attached hydrogens (tertiary/aromatic N) is 1. The maximum Gasteiger partial charge on any atom is 0.220 e. The molecule has 1 aliphatic rings. The fourth-order valence-corrected chi connectivity index (χ4v) is 4.55. The second kappa shape index (κ2) is 7.57. The lowest BCUT2D eigenvalue weighted by atomic mass is 10.1. The molecule has 1 aliphatic heterocycles. The Labute approximate surface area is 136 Å². The van der Waals surface area contributed by atoms with E-state index in [-0.39, 0.29) is 11.9 Å². The molecule has 1 unspecified atom stereocenters. The van der Waals surface area contributed by atoms with Crippen LogP contribution in [0, 0.1) is 6.92 Å². The maximum absolute atomic E-state index is 12.0. The summed E-state index contributed by atoms with van der Waals surface area (Å²) in [5.74, 6) is 0.0219. The van der Waals surface area contributed by atoms with Crippen molar-refractivity contribution in [3.8, 4) is 0 Å². The molecule has 1 N–H and O–H groups in total. The zero-order valence-corrected chi connectivity index (χ0v) is 14.8. The molecular weight excluding hydrogens is 320 g/mol. The molecule has 0 saturated carbocycles. The molecule has 1 saturated heterocycles. The van der Waals surface area contributed by atoms with Crippen molar-refractivity contribution in [2.45, 2.75) is 45.1 Å². The molecule has 2 rings (SSSR count). The molecule has 0 bridgehead atoms. The summed E-state index contributed by atoms with van der Waals surface area (Å²) in [6.45, 7) is 3.04. The standard InChI is InChI=1S/C15H24N2O3S2/c1-12-8-9-14(21-12)6-3-7-15(18)16-13-5-4-10-17(11-13)22(2,19)20/h8-9,13H,3-7,10-11H2,1-2H3,(H,16,18). The van der Waals surface area contributed by atoms with E-state index in [0.717, 1.165) is 25.7 Å². The fraction of sp³-hybridized carbons (Fsp3) is 0.667. The second-order valence-electron chi connectivity index (χ2n) is 5.89.